The van der Waals surface area contributed by atoms with E-state index in [2.05, 4.69) is 0 Å². The van der Waals surface area contributed by atoms with Crippen molar-refractivity contribution in [1.82, 2.24) is 0 Å². The van der Waals surface area contributed by atoms with E-state index in [9.17, 15) is 9.59 Å². The summed E-state index contributed by atoms with van der Waals surface area (Å²) in [6.07, 6.45) is 2.16. The van der Waals surface area contributed by atoms with Gasteiger partial charge in [0.25, 0.3) is 0 Å². The Balaban J connectivity index is 2.36. The minimum atomic E-state index is -0.308. The standard InChI is InChI=1S/C16H22O4/c1-3-5-12-20-16(18)11-10-15(17)13-6-8-14(9-7-13)19-4-2/h6-9H,3-5,10-12H2,1-2H3. The first-order chi connectivity index (χ1) is 9.67. The van der Waals surface area contributed by atoms with Crippen LogP contribution in [0.3, 0.4) is 0 Å². The molecule has 20 heavy (non-hydrogen) atoms. The molecule has 0 aliphatic carbocycles. The third-order valence-electron chi connectivity index (χ3n) is 2.80. The number of rotatable bonds is 9. The van der Waals surface area contributed by atoms with Crippen molar-refractivity contribution in [1.29, 1.82) is 0 Å². The highest BCUT2D eigenvalue weighted by Crippen LogP contribution is 2.14. The predicted molar refractivity (Wildman–Crippen MR) is 77.0 cm³/mol. The summed E-state index contributed by atoms with van der Waals surface area (Å²) in [6, 6.07) is 6.96. The molecule has 0 unspecified atom stereocenters. The molecule has 110 valence electrons. The molecule has 1 aromatic carbocycles. The van der Waals surface area contributed by atoms with E-state index >= 15 is 0 Å². The number of unbranched alkanes of at least 4 members (excludes halogenated alkanes) is 1. The molecule has 4 nitrogen and oxygen atoms in total. The first kappa shape index (κ1) is 16.2. The first-order valence-electron chi connectivity index (χ1n) is 7.09. The number of carbonyl (C=O) groups is 2. The number of esters is 1. The second-order valence-corrected chi connectivity index (χ2v) is 4.45. The Hall–Kier alpha value is -1.84. The lowest BCUT2D eigenvalue weighted by Crippen LogP contribution is -2.09. The Kier molecular flexibility index (Phi) is 7.40. The highest BCUT2D eigenvalue weighted by Gasteiger charge is 2.10. The molecule has 0 amide bonds. The molecule has 0 heterocycles. The van der Waals surface area contributed by atoms with Gasteiger partial charge in [-0.3, -0.25) is 9.59 Å². The van der Waals surface area contributed by atoms with Gasteiger partial charge in [-0.15, -0.1) is 0 Å². The Morgan fingerprint density at radius 1 is 1.05 bits per heavy atom. The third-order valence-corrected chi connectivity index (χ3v) is 2.80. The van der Waals surface area contributed by atoms with E-state index in [4.69, 9.17) is 9.47 Å². The largest absolute Gasteiger partial charge is 0.494 e. The highest BCUT2D eigenvalue weighted by atomic mass is 16.5. The number of ketones is 1. The van der Waals surface area contributed by atoms with E-state index in [0.29, 0.717) is 18.8 Å². The molecule has 0 aliphatic rings. The summed E-state index contributed by atoms with van der Waals surface area (Å²) in [4.78, 5) is 23.3. The van der Waals surface area contributed by atoms with E-state index < -0.39 is 0 Å². The lowest BCUT2D eigenvalue weighted by Gasteiger charge is -2.05. The molecule has 0 aliphatic heterocycles. The van der Waals surface area contributed by atoms with Gasteiger partial charge in [0.05, 0.1) is 19.6 Å². The normalized spacial score (nSPS) is 10.1. The van der Waals surface area contributed by atoms with Crippen LogP contribution in [-0.4, -0.2) is 25.0 Å². The van der Waals surface area contributed by atoms with E-state index in [1.807, 2.05) is 13.8 Å². The fourth-order valence-electron chi connectivity index (χ4n) is 1.67. The number of benzene rings is 1. The minimum Gasteiger partial charge on any atom is -0.494 e. The van der Waals surface area contributed by atoms with Gasteiger partial charge in [0.15, 0.2) is 5.78 Å². The summed E-state index contributed by atoms with van der Waals surface area (Å²) in [6.45, 7) is 4.97. The summed E-state index contributed by atoms with van der Waals surface area (Å²) < 4.78 is 10.3. The van der Waals surface area contributed by atoms with E-state index in [1.54, 1.807) is 24.3 Å². The Morgan fingerprint density at radius 2 is 1.75 bits per heavy atom. The molecule has 0 bridgehead atoms. The van der Waals surface area contributed by atoms with Crippen LogP contribution in [0.1, 0.15) is 49.9 Å². The van der Waals surface area contributed by atoms with Crippen molar-refractivity contribution in [2.75, 3.05) is 13.2 Å². The quantitative estimate of drug-likeness (QED) is 0.395. The van der Waals surface area contributed by atoms with Gasteiger partial charge >= 0.3 is 5.97 Å². The van der Waals surface area contributed by atoms with Gasteiger partial charge in [-0.05, 0) is 37.6 Å². The Bertz CT molecular complexity index is 423. The maximum atomic E-state index is 11.9. The SMILES string of the molecule is CCCCOC(=O)CCC(=O)c1ccc(OCC)cc1. The lowest BCUT2D eigenvalue weighted by molar-refractivity contribution is -0.143. The van der Waals surface area contributed by atoms with Crippen LogP contribution < -0.4 is 4.74 Å². The molecule has 0 saturated heterocycles. The van der Waals surface area contributed by atoms with E-state index in [-0.39, 0.29) is 24.6 Å². The molecule has 0 saturated carbocycles. The molecule has 0 radical (unpaired) electrons. The summed E-state index contributed by atoms with van der Waals surface area (Å²) in [5.74, 6) is 0.376. The molecular weight excluding hydrogens is 256 g/mol. The van der Waals surface area contributed by atoms with Crippen LogP contribution in [0.5, 0.6) is 5.75 Å². The second kappa shape index (κ2) is 9.13. The topological polar surface area (TPSA) is 52.6 Å². The van der Waals surface area contributed by atoms with Crippen LogP contribution in [0, 0.1) is 0 Å². The van der Waals surface area contributed by atoms with E-state index in [0.717, 1.165) is 18.6 Å². The third kappa shape index (κ3) is 5.87. The van der Waals surface area contributed by atoms with Gasteiger partial charge in [-0.25, -0.2) is 0 Å². The van der Waals surface area contributed by atoms with Crippen LogP contribution in [0.2, 0.25) is 0 Å². The molecular formula is C16H22O4. The van der Waals surface area contributed by atoms with Crippen molar-refractivity contribution in [3.63, 3.8) is 0 Å². The number of carbonyl (C=O) groups excluding carboxylic acids is 2. The van der Waals surface area contributed by atoms with Crippen LogP contribution in [0.4, 0.5) is 0 Å². The highest BCUT2D eigenvalue weighted by molar-refractivity contribution is 5.97. The monoisotopic (exact) mass is 278 g/mol. The average molecular weight is 278 g/mol. The van der Waals surface area contributed by atoms with Crippen LogP contribution in [0.25, 0.3) is 0 Å². The summed E-state index contributed by atoms with van der Waals surface area (Å²) in [5, 5.41) is 0. The van der Waals surface area contributed by atoms with Crippen molar-refractivity contribution in [2.45, 2.75) is 39.5 Å². The molecule has 4 heteroatoms. The fraction of sp³-hybridized carbons (Fsp3) is 0.500. The molecule has 0 N–H and O–H groups in total. The Morgan fingerprint density at radius 3 is 2.35 bits per heavy atom. The maximum absolute atomic E-state index is 11.9. The first-order valence-corrected chi connectivity index (χ1v) is 7.09. The maximum Gasteiger partial charge on any atom is 0.306 e. The smallest absolute Gasteiger partial charge is 0.306 e. The molecule has 0 spiro atoms. The fourth-order valence-corrected chi connectivity index (χ4v) is 1.67. The number of hydrogen-bond donors (Lipinski definition) is 0. The molecule has 0 fully saturated rings. The van der Waals surface area contributed by atoms with Crippen LogP contribution in [0.15, 0.2) is 24.3 Å². The number of Topliss-reactive ketones (excluding diaryl/α,β-unsaturated/α-hetero) is 1. The van der Waals surface area contributed by atoms with Gasteiger partial charge < -0.3 is 9.47 Å². The zero-order valence-electron chi connectivity index (χ0n) is 12.2. The van der Waals surface area contributed by atoms with Crippen molar-refractivity contribution < 1.29 is 19.1 Å². The van der Waals surface area contributed by atoms with Gasteiger partial charge in [0.2, 0.25) is 0 Å². The molecule has 1 rings (SSSR count). The molecule has 1 aromatic rings. The summed E-state index contributed by atoms with van der Waals surface area (Å²) >= 11 is 0. The van der Waals surface area contributed by atoms with Gasteiger partial charge in [0, 0.05) is 12.0 Å². The average Bonchev–Trinajstić information content (AvgIpc) is 2.46. The van der Waals surface area contributed by atoms with Crippen molar-refractivity contribution in [3.8, 4) is 5.75 Å². The molecule has 0 atom stereocenters. The van der Waals surface area contributed by atoms with Gasteiger partial charge in [0.1, 0.15) is 5.75 Å². The van der Waals surface area contributed by atoms with Gasteiger partial charge in [-0.1, -0.05) is 13.3 Å². The van der Waals surface area contributed by atoms with Crippen LogP contribution in [-0.2, 0) is 9.53 Å². The zero-order valence-corrected chi connectivity index (χ0v) is 12.2. The zero-order chi connectivity index (χ0) is 14.8. The second-order valence-electron chi connectivity index (χ2n) is 4.45. The van der Waals surface area contributed by atoms with Crippen LogP contribution >= 0.6 is 0 Å². The molecule has 0 aromatic heterocycles. The van der Waals surface area contributed by atoms with Gasteiger partial charge in [-0.2, -0.15) is 0 Å². The summed E-state index contributed by atoms with van der Waals surface area (Å²) in [7, 11) is 0. The summed E-state index contributed by atoms with van der Waals surface area (Å²) in [5.41, 5.74) is 0.592. The number of hydrogen-bond acceptors (Lipinski definition) is 4. The Labute approximate surface area is 120 Å². The number of ether oxygens (including phenoxy) is 2. The van der Waals surface area contributed by atoms with E-state index in [1.165, 1.54) is 0 Å². The van der Waals surface area contributed by atoms with Crippen molar-refractivity contribution in [3.05, 3.63) is 29.8 Å². The van der Waals surface area contributed by atoms with Crippen molar-refractivity contribution in [2.24, 2.45) is 0 Å². The van der Waals surface area contributed by atoms with Crippen molar-refractivity contribution >= 4 is 11.8 Å². The lowest BCUT2D eigenvalue weighted by atomic mass is 10.1. The predicted octanol–water partition coefficient (Wildman–Crippen LogP) is 3.39. The minimum absolute atomic E-state index is 0.0551.